The quantitative estimate of drug-likeness (QED) is 0.634. The van der Waals surface area contributed by atoms with Crippen LogP contribution in [0.2, 0.25) is 0 Å². The predicted octanol–water partition coefficient (Wildman–Crippen LogP) is 0.797. The highest BCUT2D eigenvalue weighted by Gasteiger charge is 2.08. The third-order valence-electron chi connectivity index (χ3n) is 2.61. The van der Waals surface area contributed by atoms with Gasteiger partial charge >= 0.3 is 0 Å². The summed E-state index contributed by atoms with van der Waals surface area (Å²) in [7, 11) is 1.77. The molecule has 3 N–H and O–H groups in total. The van der Waals surface area contributed by atoms with Crippen LogP contribution in [0.4, 0.5) is 11.8 Å². The van der Waals surface area contributed by atoms with Crippen molar-refractivity contribution in [1.82, 2.24) is 30.1 Å². The van der Waals surface area contributed by atoms with Crippen molar-refractivity contribution in [3.8, 4) is 0 Å². The van der Waals surface area contributed by atoms with Crippen molar-refractivity contribution in [2.45, 2.75) is 6.54 Å². The third kappa shape index (κ3) is 2.28. The molecule has 0 amide bonds. The number of hydrogen-bond donors (Lipinski definition) is 3. The van der Waals surface area contributed by atoms with E-state index in [2.05, 4.69) is 40.8 Å². The maximum atomic E-state index is 4.37. The van der Waals surface area contributed by atoms with Gasteiger partial charge < -0.3 is 10.6 Å². The first-order valence-electron chi connectivity index (χ1n) is 5.74. The van der Waals surface area contributed by atoms with Crippen LogP contribution >= 0.6 is 0 Å². The molecule has 0 aromatic carbocycles. The van der Waals surface area contributed by atoms with Crippen LogP contribution in [-0.2, 0) is 6.54 Å². The van der Waals surface area contributed by atoms with Gasteiger partial charge in [-0.05, 0) is 6.07 Å². The Hall–Kier alpha value is -2.77. The average Bonchev–Trinajstić information content (AvgIpc) is 2.94. The molecule has 0 fully saturated rings. The van der Waals surface area contributed by atoms with Crippen molar-refractivity contribution in [3.63, 3.8) is 0 Å². The molecule has 0 bridgehead atoms. The molecule has 0 atom stereocenters. The largest absolute Gasteiger partial charge is 0.364 e. The molecule has 0 radical (unpaired) electrons. The zero-order valence-corrected chi connectivity index (χ0v) is 10.3. The van der Waals surface area contributed by atoms with Gasteiger partial charge in [0.25, 0.3) is 0 Å². The van der Waals surface area contributed by atoms with E-state index in [9.17, 15) is 0 Å². The van der Waals surface area contributed by atoms with Gasteiger partial charge in [0.05, 0.1) is 23.8 Å². The van der Waals surface area contributed by atoms with Crippen molar-refractivity contribution >= 4 is 22.8 Å². The number of rotatable bonds is 4. The number of hydrogen-bond acceptors (Lipinski definition) is 7. The second-order valence-corrected chi connectivity index (χ2v) is 3.83. The molecule has 0 aliphatic rings. The number of H-pyrrole nitrogens is 1. The Labute approximate surface area is 108 Å². The second kappa shape index (κ2) is 4.84. The molecule has 19 heavy (non-hydrogen) atoms. The fraction of sp³-hybridized carbons (Fsp3) is 0.182. The summed E-state index contributed by atoms with van der Waals surface area (Å²) in [6.45, 7) is 0.558. The lowest BCUT2D eigenvalue weighted by Gasteiger charge is -2.07. The summed E-state index contributed by atoms with van der Waals surface area (Å²) in [6, 6.07) is 1.85. The Morgan fingerprint density at radius 1 is 1.32 bits per heavy atom. The molecule has 8 nitrogen and oxygen atoms in total. The third-order valence-corrected chi connectivity index (χ3v) is 2.61. The van der Waals surface area contributed by atoms with Crippen molar-refractivity contribution < 1.29 is 0 Å². The first kappa shape index (κ1) is 11.3. The Balaban J connectivity index is 1.89. The molecule has 96 valence electrons. The lowest BCUT2D eigenvalue weighted by Crippen LogP contribution is -2.06. The lowest BCUT2D eigenvalue weighted by molar-refractivity contribution is 0.996. The Bertz CT molecular complexity index is 677. The minimum absolute atomic E-state index is 0.530. The highest BCUT2D eigenvalue weighted by Crippen LogP contribution is 2.19. The van der Waals surface area contributed by atoms with Gasteiger partial charge in [-0.3, -0.25) is 5.10 Å². The summed E-state index contributed by atoms with van der Waals surface area (Å²) in [5, 5.41) is 13.8. The molecule has 3 aromatic heterocycles. The Morgan fingerprint density at radius 2 is 2.26 bits per heavy atom. The smallest absolute Gasteiger partial charge is 0.226 e. The summed E-state index contributed by atoms with van der Waals surface area (Å²) >= 11 is 0. The number of fused-ring (bicyclic) bond motifs is 1. The van der Waals surface area contributed by atoms with Crippen LogP contribution in [0.15, 0.2) is 24.8 Å². The lowest BCUT2D eigenvalue weighted by atomic mass is 10.3. The number of nitrogens with one attached hydrogen (secondary N) is 3. The molecular formula is C11H12N8. The number of aromatic nitrogens is 6. The zero-order valence-electron chi connectivity index (χ0n) is 10.3. The monoisotopic (exact) mass is 256 g/mol. The molecule has 8 heteroatoms. The first-order chi connectivity index (χ1) is 9.36. The van der Waals surface area contributed by atoms with Gasteiger partial charge in [0.15, 0.2) is 5.65 Å². The summed E-state index contributed by atoms with van der Waals surface area (Å²) in [4.78, 5) is 16.7. The van der Waals surface area contributed by atoms with Gasteiger partial charge in [-0.2, -0.15) is 15.1 Å². The fourth-order valence-electron chi connectivity index (χ4n) is 1.68. The normalized spacial score (nSPS) is 10.6. The van der Waals surface area contributed by atoms with E-state index in [1.165, 1.54) is 6.33 Å². The predicted molar refractivity (Wildman–Crippen MR) is 70.6 cm³/mol. The molecule has 0 saturated carbocycles. The van der Waals surface area contributed by atoms with Crippen LogP contribution in [0.25, 0.3) is 11.0 Å². The first-order valence-corrected chi connectivity index (χ1v) is 5.74. The SMILES string of the molecule is CNc1nc(NCc2ccncn2)c2cn[nH]c2n1. The summed E-state index contributed by atoms with van der Waals surface area (Å²) in [5.41, 5.74) is 1.57. The van der Waals surface area contributed by atoms with E-state index in [0.29, 0.717) is 24.0 Å². The van der Waals surface area contributed by atoms with Crippen molar-refractivity contribution in [3.05, 3.63) is 30.5 Å². The second-order valence-electron chi connectivity index (χ2n) is 3.83. The molecule has 0 aliphatic heterocycles. The maximum absolute atomic E-state index is 4.37. The van der Waals surface area contributed by atoms with Crippen molar-refractivity contribution in [2.24, 2.45) is 0 Å². The molecular weight excluding hydrogens is 244 g/mol. The van der Waals surface area contributed by atoms with E-state index in [4.69, 9.17) is 0 Å². The van der Waals surface area contributed by atoms with E-state index in [0.717, 1.165) is 11.1 Å². The van der Waals surface area contributed by atoms with Gasteiger partial charge in [0, 0.05) is 13.2 Å². The molecule has 3 rings (SSSR count). The van der Waals surface area contributed by atoms with Crippen LogP contribution in [0.1, 0.15) is 5.69 Å². The summed E-state index contributed by atoms with van der Waals surface area (Å²) in [5.74, 6) is 1.24. The van der Waals surface area contributed by atoms with Crippen LogP contribution in [0.3, 0.4) is 0 Å². The van der Waals surface area contributed by atoms with Crippen molar-refractivity contribution in [1.29, 1.82) is 0 Å². The number of anilines is 2. The standard InChI is InChI=1S/C11H12N8/c1-12-11-17-9(8-5-16-19-10(8)18-11)14-4-7-2-3-13-6-15-7/h2-3,5-6H,4H2,1H3,(H3,12,14,16,17,18,19). The summed E-state index contributed by atoms with van der Waals surface area (Å²) in [6.07, 6.45) is 4.91. The van der Waals surface area contributed by atoms with E-state index in [1.807, 2.05) is 6.07 Å². The van der Waals surface area contributed by atoms with Gasteiger partial charge in [-0.15, -0.1) is 0 Å². The molecule has 0 spiro atoms. The molecule has 0 unspecified atom stereocenters. The fourth-order valence-corrected chi connectivity index (χ4v) is 1.68. The van der Waals surface area contributed by atoms with Crippen LogP contribution in [0.5, 0.6) is 0 Å². The van der Waals surface area contributed by atoms with Gasteiger partial charge in [-0.25, -0.2) is 9.97 Å². The van der Waals surface area contributed by atoms with E-state index >= 15 is 0 Å². The van der Waals surface area contributed by atoms with Gasteiger partial charge in [-0.1, -0.05) is 0 Å². The van der Waals surface area contributed by atoms with Gasteiger partial charge in [0.1, 0.15) is 12.1 Å². The molecule has 3 aromatic rings. The summed E-state index contributed by atoms with van der Waals surface area (Å²) < 4.78 is 0. The number of aromatic amines is 1. The zero-order chi connectivity index (χ0) is 13.1. The highest BCUT2D eigenvalue weighted by atomic mass is 15.2. The topological polar surface area (TPSA) is 104 Å². The molecule has 0 aliphatic carbocycles. The van der Waals surface area contributed by atoms with Crippen LogP contribution in [0, 0.1) is 0 Å². The number of nitrogens with zero attached hydrogens (tertiary/aromatic N) is 5. The molecule has 0 saturated heterocycles. The van der Waals surface area contributed by atoms with E-state index in [-0.39, 0.29) is 0 Å². The Kier molecular flexibility index (Phi) is 2.89. The van der Waals surface area contributed by atoms with Crippen molar-refractivity contribution in [2.75, 3.05) is 17.7 Å². The van der Waals surface area contributed by atoms with Gasteiger partial charge in [0.2, 0.25) is 5.95 Å². The molecule has 3 heterocycles. The van der Waals surface area contributed by atoms with Crippen LogP contribution < -0.4 is 10.6 Å². The van der Waals surface area contributed by atoms with E-state index in [1.54, 1.807) is 19.4 Å². The Morgan fingerprint density at radius 3 is 3.05 bits per heavy atom. The van der Waals surface area contributed by atoms with Crippen LogP contribution in [-0.4, -0.2) is 37.2 Å². The minimum Gasteiger partial charge on any atom is -0.364 e. The van der Waals surface area contributed by atoms with E-state index < -0.39 is 0 Å². The average molecular weight is 256 g/mol. The highest BCUT2D eigenvalue weighted by molar-refractivity contribution is 5.86. The minimum atomic E-state index is 0.530. The maximum Gasteiger partial charge on any atom is 0.226 e.